The molecule has 6 nitrogen and oxygen atoms in total. The van der Waals surface area contributed by atoms with Crippen LogP contribution in [0.5, 0.6) is 0 Å². The fourth-order valence-corrected chi connectivity index (χ4v) is 4.05. The van der Waals surface area contributed by atoms with Crippen molar-refractivity contribution in [1.29, 1.82) is 0 Å². The van der Waals surface area contributed by atoms with E-state index in [1.807, 2.05) is 0 Å². The summed E-state index contributed by atoms with van der Waals surface area (Å²) in [5, 5.41) is 6.30. The molecule has 0 bridgehead atoms. The van der Waals surface area contributed by atoms with Crippen LogP contribution in [0.4, 0.5) is 26.4 Å². The third kappa shape index (κ3) is 3.26. The van der Waals surface area contributed by atoms with E-state index in [2.05, 4.69) is 30.6 Å². The van der Waals surface area contributed by atoms with Crippen LogP contribution in [0.1, 0.15) is 19.3 Å². The fourth-order valence-electron chi connectivity index (χ4n) is 4.05. The Morgan fingerprint density at radius 3 is 2.50 bits per heavy atom. The number of aromatic nitrogens is 4. The molecule has 2 N–H and O–H groups in total. The van der Waals surface area contributed by atoms with Crippen molar-refractivity contribution >= 4 is 17.6 Å². The summed E-state index contributed by atoms with van der Waals surface area (Å²) in [7, 11) is 0. The number of anilines is 3. The number of halogens is 2. The van der Waals surface area contributed by atoms with E-state index in [4.69, 9.17) is 0 Å². The van der Waals surface area contributed by atoms with Crippen molar-refractivity contribution in [3.05, 3.63) is 54.4 Å². The first-order chi connectivity index (χ1) is 13.7. The van der Waals surface area contributed by atoms with Crippen LogP contribution in [-0.2, 0) is 0 Å². The molecule has 2 aliphatic rings. The van der Waals surface area contributed by atoms with Gasteiger partial charge in [0.2, 0.25) is 11.9 Å². The van der Waals surface area contributed by atoms with Gasteiger partial charge in [0.25, 0.3) is 0 Å². The Bertz CT molecular complexity index is 1020. The number of hydrogen-bond acceptors (Lipinski definition) is 6. The second-order valence-electron chi connectivity index (χ2n) is 7.23. The average Bonchev–Trinajstić information content (AvgIpc) is 3.10. The highest BCUT2D eigenvalue weighted by molar-refractivity contribution is 5.61. The maximum Gasteiger partial charge on any atom is 0.232 e. The van der Waals surface area contributed by atoms with E-state index in [-0.39, 0.29) is 17.3 Å². The Kier molecular flexibility index (Phi) is 4.11. The van der Waals surface area contributed by atoms with Gasteiger partial charge in [-0.05, 0) is 36.8 Å². The molecule has 0 radical (unpaired) electrons. The van der Waals surface area contributed by atoms with Gasteiger partial charge in [-0.2, -0.15) is 15.0 Å². The van der Waals surface area contributed by atoms with E-state index in [0.29, 0.717) is 29.5 Å². The number of hydrogen-bond donors (Lipinski definition) is 2. The summed E-state index contributed by atoms with van der Waals surface area (Å²) >= 11 is 0. The first-order valence-electron chi connectivity index (χ1n) is 9.32. The van der Waals surface area contributed by atoms with Gasteiger partial charge in [0.15, 0.2) is 5.82 Å². The maximum absolute atomic E-state index is 14.3. The molecule has 0 spiro atoms. The lowest BCUT2D eigenvalue weighted by atomic mass is 10.2. The standard InChI is InChI=1S/C20H18F2N6/c21-11-8-12(10-23-9-11)24-19-26-18(15-4-1-2-7-16(15)22)27-20(28-19)25-17-13-5-3-6-14(13)17/h1-2,4,7-10,13-14,17H,3,5-6H2,(H2,24,25,26,27,28)/t13-,14+,17?. The number of benzene rings is 1. The van der Waals surface area contributed by atoms with Crippen LogP contribution in [0.2, 0.25) is 0 Å². The number of fused-ring (bicyclic) bond motifs is 1. The van der Waals surface area contributed by atoms with Crippen LogP contribution in [0, 0.1) is 23.5 Å². The van der Waals surface area contributed by atoms with E-state index >= 15 is 0 Å². The Morgan fingerprint density at radius 2 is 1.71 bits per heavy atom. The second kappa shape index (κ2) is 6.78. The van der Waals surface area contributed by atoms with E-state index in [1.165, 1.54) is 37.6 Å². The van der Waals surface area contributed by atoms with Gasteiger partial charge in [0.05, 0.1) is 23.6 Å². The molecule has 2 saturated carbocycles. The zero-order valence-electron chi connectivity index (χ0n) is 14.9. The summed E-state index contributed by atoms with van der Waals surface area (Å²) in [4.78, 5) is 17.0. The molecule has 28 heavy (non-hydrogen) atoms. The molecule has 2 fully saturated rings. The molecule has 142 valence electrons. The highest BCUT2D eigenvalue weighted by Crippen LogP contribution is 2.53. The lowest BCUT2D eigenvalue weighted by Crippen LogP contribution is -2.13. The molecule has 1 aromatic carbocycles. The van der Waals surface area contributed by atoms with Crippen molar-refractivity contribution < 1.29 is 8.78 Å². The molecule has 0 aliphatic heterocycles. The van der Waals surface area contributed by atoms with Crippen molar-refractivity contribution in [2.75, 3.05) is 10.6 Å². The van der Waals surface area contributed by atoms with Crippen molar-refractivity contribution in [2.24, 2.45) is 11.8 Å². The van der Waals surface area contributed by atoms with E-state index in [1.54, 1.807) is 18.2 Å². The second-order valence-corrected chi connectivity index (χ2v) is 7.23. The summed E-state index contributed by atoms with van der Waals surface area (Å²) in [6.07, 6.45) is 6.28. The van der Waals surface area contributed by atoms with Gasteiger partial charge in [-0.15, -0.1) is 0 Å². The van der Waals surface area contributed by atoms with Crippen LogP contribution in [-0.4, -0.2) is 26.0 Å². The van der Waals surface area contributed by atoms with Gasteiger partial charge in [0, 0.05) is 12.1 Å². The number of nitrogens with zero attached hydrogens (tertiary/aromatic N) is 4. The van der Waals surface area contributed by atoms with Crippen LogP contribution in [0.3, 0.4) is 0 Å². The minimum absolute atomic E-state index is 0.203. The molecular weight excluding hydrogens is 362 g/mol. The smallest absolute Gasteiger partial charge is 0.232 e. The quantitative estimate of drug-likeness (QED) is 0.692. The third-order valence-corrected chi connectivity index (χ3v) is 5.41. The SMILES string of the molecule is Fc1cncc(Nc2nc(NC3[C@H]4CCC[C@@H]34)nc(-c3ccccc3F)n2)c1. The zero-order valence-corrected chi connectivity index (χ0v) is 14.9. The predicted molar refractivity (Wildman–Crippen MR) is 101 cm³/mol. The highest BCUT2D eigenvalue weighted by Gasteiger charge is 2.52. The average molecular weight is 380 g/mol. The van der Waals surface area contributed by atoms with Gasteiger partial charge in [-0.3, -0.25) is 4.98 Å². The Balaban J connectivity index is 1.49. The van der Waals surface area contributed by atoms with Gasteiger partial charge in [0.1, 0.15) is 11.6 Å². The summed E-state index contributed by atoms with van der Waals surface area (Å²) in [5.74, 6) is 1.25. The number of rotatable bonds is 5. The molecule has 3 atom stereocenters. The Hall–Kier alpha value is -3.16. The van der Waals surface area contributed by atoms with Gasteiger partial charge < -0.3 is 10.6 Å². The van der Waals surface area contributed by atoms with Crippen LogP contribution >= 0.6 is 0 Å². The molecular formula is C20H18F2N6. The van der Waals surface area contributed by atoms with Crippen LogP contribution < -0.4 is 10.6 Å². The monoisotopic (exact) mass is 380 g/mol. The summed E-state index contributed by atoms with van der Waals surface area (Å²) in [6.45, 7) is 0. The molecule has 2 aliphatic carbocycles. The van der Waals surface area contributed by atoms with Gasteiger partial charge in [-0.1, -0.05) is 18.6 Å². The van der Waals surface area contributed by atoms with Crippen molar-refractivity contribution in [2.45, 2.75) is 25.3 Å². The number of nitrogens with one attached hydrogen (secondary N) is 2. The Labute approximate surface area is 160 Å². The van der Waals surface area contributed by atoms with Crippen LogP contribution in [0.25, 0.3) is 11.4 Å². The fraction of sp³-hybridized carbons (Fsp3) is 0.300. The molecule has 0 amide bonds. The summed E-state index contributed by atoms with van der Waals surface area (Å²) in [5.41, 5.74) is 0.685. The molecule has 0 saturated heterocycles. The molecule has 2 aromatic heterocycles. The maximum atomic E-state index is 14.3. The van der Waals surface area contributed by atoms with E-state index < -0.39 is 11.6 Å². The van der Waals surface area contributed by atoms with E-state index in [9.17, 15) is 8.78 Å². The van der Waals surface area contributed by atoms with E-state index in [0.717, 1.165) is 6.20 Å². The van der Waals surface area contributed by atoms with Crippen molar-refractivity contribution in [1.82, 2.24) is 19.9 Å². The first-order valence-corrected chi connectivity index (χ1v) is 9.32. The molecule has 2 heterocycles. The predicted octanol–water partition coefficient (Wildman–Crippen LogP) is 4.17. The molecule has 8 heteroatoms. The van der Waals surface area contributed by atoms with Gasteiger partial charge in [-0.25, -0.2) is 8.78 Å². The minimum Gasteiger partial charge on any atom is -0.351 e. The van der Waals surface area contributed by atoms with Crippen LogP contribution in [0.15, 0.2) is 42.7 Å². The zero-order chi connectivity index (χ0) is 19.1. The third-order valence-electron chi connectivity index (χ3n) is 5.41. The minimum atomic E-state index is -0.475. The van der Waals surface area contributed by atoms with Crippen molar-refractivity contribution in [3.8, 4) is 11.4 Å². The summed E-state index contributed by atoms with van der Waals surface area (Å²) < 4.78 is 27.7. The Morgan fingerprint density at radius 1 is 0.929 bits per heavy atom. The van der Waals surface area contributed by atoms with Gasteiger partial charge >= 0.3 is 0 Å². The topological polar surface area (TPSA) is 75.6 Å². The summed E-state index contributed by atoms with van der Waals surface area (Å²) in [6, 6.07) is 7.97. The molecule has 1 unspecified atom stereocenters. The molecule has 5 rings (SSSR count). The highest BCUT2D eigenvalue weighted by atomic mass is 19.1. The van der Waals surface area contributed by atoms with Crippen molar-refractivity contribution in [3.63, 3.8) is 0 Å². The number of pyridine rings is 1. The first kappa shape index (κ1) is 17.0. The largest absolute Gasteiger partial charge is 0.351 e. The lowest BCUT2D eigenvalue weighted by molar-refractivity contribution is 0.622. The lowest BCUT2D eigenvalue weighted by Gasteiger charge is -2.11. The normalized spacial score (nSPS) is 22.6. The molecule has 3 aromatic rings.